The molecule has 3 heterocycles. The Morgan fingerprint density at radius 3 is 2.44 bits per heavy atom. The highest BCUT2D eigenvalue weighted by Gasteiger charge is 2.27. The number of nitriles is 1. The third kappa shape index (κ3) is 4.04. The number of carbonyl (C=O) groups is 1. The van der Waals surface area contributed by atoms with E-state index < -0.39 is 5.82 Å². The fourth-order valence-electron chi connectivity index (χ4n) is 4.31. The van der Waals surface area contributed by atoms with Crippen LogP contribution in [0.25, 0.3) is 11.5 Å². The average molecular weight is 455 g/mol. The Bertz CT molecular complexity index is 1340. The van der Waals surface area contributed by atoms with Gasteiger partial charge in [0.1, 0.15) is 17.1 Å². The number of aromatic nitrogens is 3. The smallest absolute Gasteiger partial charge is 0.259 e. The molecule has 0 aliphatic carbocycles. The number of amides is 1. The Kier molecular flexibility index (Phi) is 5.83. The largest absolute Gasteiger partial charge is 0.370 e. The molecule has 0 N–H and O–H groups in total. The minimum absolute atomic E-state index is 0.132. The monoisotopic (exact) mass is 454 g/mol. The van der Waals surface area contributed by atoms with Crippen molar-refractivity contribution in [2.75, 3.05) is 31.1 Å². The van der Waals surface area contributed by atoms with Crippen LogP contribution in [0.15, 0.2) is 79.3 Å². The van der Waals surface area contributed by atoms with E-state index in [9.17, 15) is 9.18 Å². The summed E-state index contributed by atoms with van der Waals surface area (Å²) >= 11 is 0. The highest BCUT2D eigenvalue weighted by molar-refractivity contribution is 5.97. The van der Waals surface area contributed by atoms with E-state index in [4.69, 9.17) is 5.26 Å². The van der Waals surface area contributed by atoms with E-state index in [-0.39, 0.29) is 11.6 Å². The van der Waals surface area contributed by atoms with Crippen molar-refractivity contribution in [3.8, 4) is 17.6 Å². The van der Waals surface area contributed by atoms with Crippen LogP contribution >= 0.6 is 0 Å². The molecule has 2 aromatic heterocycles. The predicted molar refractivity (Wildman–Crippen MR) is 127 cm³/mol. The Balaban J connectivity index is 1.42. The molecular weight excluding hydrogens is 431 g/mol. The zero-order valence-corrected chi connectivity index (χ0v) is 18.5. The number of para-hydroxylation sites is 1. The summed E-state index contributed by atoms with van der Waals surface area (Å²) in [5, 5.41) is 13.4. The quantitative estimate of drug-likeness (QED) is 0.467. The third-order valence-corrected chi connectivity index (χ3v) is 6.05. The molecular formula is C26H23FN6O. The first-order valence-corrected chi connectivity index (χ1v) is 11.2. The fourth-order valence-corrected chi connectivity index (χ4v) is 4.31. The van der Waals surface area contributed by atoms with Crippen molar-refractivity contribution in [3.05, 3.63) is 96.2 Å². The Labute approximate surface area is 196 Å². The number of halogens is 1. The molecule has 0 radical (unpaired) electrons. The minimum Gasteiger partial charge on any atom is -0.370 e. The van der Waals surface area contributed by atoms with Gasteiger partial charge in [0, 0.05) is 44.3 Å². The lowest BCUT2D eigenvalue weighted by Gasteiger charge is -2.24. The van der Waals surface area contributed by atoms with E-state index in [1.165, 1.54) is 16.9 Å². The van der Waals surface area contributed by atoms with Crippen molar-refractivity contribution >= 4 is 11.6 Å². The highest BCUT2D eigenvalue weighted by atomic mass is 19.1. The normalized spacial score (nSPS) is 14.0. The van der Waals surface area contributed by atoms with Crippen LogP contribution in [0.2, 0.25) is 0 Å². The van der Waals surface area contributed by atoms with Crippen LogP contribution in [0.3, 0.4) is 0 Å². The van der Waals surface area contributed by atoms with E-state index >= 15 is 0 Å². The van der Waals surface area contributed by atoms with Crippen LogP contribution in [0.1, 0.15) is 22.3 Å². The average Bonchev–Trinajstić information content (AvgIpc) is 3.48. The summed E-state index contributed by atoms with van der Waals surface area (Å²) in [6.07, 6.45) is 5.97. The maximum absolute atomic E-state index is 14.6. The molecule has 0 spiro atoms. The molecule has 7 nitrogen and oxygen atoms in total. The van der Waals surface area contributed by atoms with Crippen LogP contribution in [-0.4, -0.2) is 51.3 Å². The lowest BCUT2D eigenvalue weighted by Crippen LogP contribution is -2.35. The van der Waals surface area contributed by atoms with Gasteiger partial charge in [-0.15, -0.1) is 0 Å². The van der Waals surface area contributed by atoms with E-state index in [2.05, 4.69) is 16.1 Å². The molecule has 1 saturated heterocycles. The second-order valence-corrected chi connectivity index (χ2v) is 8.13. The van der Waals surface area contributed by atoms with E-state index in [1.807, 2.05) is 53.7 Å². The molecule has 1 aliphatic heterocycles. The standard InChI is InChI=1S/C26H23FN6O/c27-23-6-1-2-7-24(23)33-25(31-12-3-4-13-31)22(19-29-33)26(34)32-15-5-14-30(16-17-32)21-10-8-20(18-28)9-11-21/h1-4,6-13,19H,5,14-17H2. The third-order valence-electron chi connectivity index (χ3n) is 6.05. The number of hydrogen-bond donors (Lipinski definition) is 0. The van der Waals surface area contributed by atoms with Crippen molar-refractivity contribution in [2.24, 2.45) is 0 Å². The van der Waals surface area contributed by atoms with Gasteiger partial charge in [-0.05, 0) is 55.0 Å². The van der Waals surface area contributed by atoms with Crippen molar-refractivity contribution in [1.82, 2.24) is 19.2 Å². The molecule has 0 bridgehead atoms. The number of benzene rings is 2. The maximum atomic E-state index is 14.6. The van der Waals surface area contributed by atoms with Crippen LogP contribution in [0, 0.1) is 17.1 Å². The topological polar surface area (TPSA) is 70.1 Å². The SMILES string of the molecule is N#Cc1ccc(N2CCCN(C(=O)c3cnn(-c4ccccc4F)c3-n3cccc3)CC2)cc1. The van der Waals surface area contributed by atoms with Gasteiger partial charge in [0.2, 0.25) is 0 Å². The zero-order chi connectivity index (χ0) is 23.5. The summed E-state index contributed by atoms with van der Waals surface area (Å²) in [5.41, 5.74) is 2.37. The summed E-state index contributed by atoms with van der Waals surface area (Å²) in [6, 6.07) is 19.7. The Morgan fingerprint density at radius 1 is 0.941 bits per heavy atom. The summed E-state index contributed by atoms with van der Waals surface area (Å²) in [4.78, 5) is 17.7. The molecule has 1 aliphatic rings. The first-order valence-electron chi connectivity index (χ1n) is 11.2. The summed E-state index contributed by atoms with van der Waals surface area (Å²) < 4.78 is 17.8. The molecule has 4 aromatic rings. The van der Waals surface area contributed by atoms with Crippen LogP contribution in [0.4, 0.5) is 10.1 Å². The molecule has 0 unspecified atom stereocenters. The zero-order valence-electron chi connectivity index (χ0n) is 18.5. The van der Waals surface area contributed by atoms with Gasteiger partial charge in [0.05, 0.1) is 17.8 Å². The van der Waals surface area contributed by atoms with Gasteiger partial charge < -0.3 is 14.4 Å². The molecule has 170 valence electrons. The van der Waals surface area contributed by atoms with Gasteiger partial charge in [-0.1, -0.05) is 12.1 Å². The van der Waals surface area contributed by atoms with Gasteiger partial charge in [0.25, 0.3) is 5.91 Å². The molecule has 1 fully saturated rings. The second-order valence-electron chi connectivity index (χ2n) is 8.13. The van der Waals surface area contributed by atoms with Crippen molar-refractivity contribution in [3.63, 3.8) is 0 Å². The lowest BCUT2D eigenvalue weighted by atomic mass is 10.2. The molecule has 34 heavy (non-hydrogen) atoms. The molecule has 0 atom stereocenters. The summed E-state index contributed by atoms with van der Waals surface area (Å²) in [5.74, 6) is -0.0351. The van der Waals surface area contributed by atoms with Crippen LogP contribution in [-0.2, 0) is 0 Å². The minimum atomic E-state index is -0.411. The Hall–Kier alpha value is -4.38. The van der Waals surface area contributed by atoms with Crippen molar-refractivity contribution in [1.29, 1.82) is 5.26 Å². The van der Waals surface area contributed by atoms with Crippen molar-refractivity contribution in [2.45, 2.75) is 6.42 Å². The van der Waals surface area contributed by atoms with Crippen LogP contribution < -0.4 is 4.90 Å². The number of anilines is 1. The van der Waals surface area contributed by atoms with E-state index in [1.54, 1.807) is 22.8 Å². The van der Waals surface area contributed by atoms with E-state index in [0.29, 0.717) is 36.6 Å². The fraction of sp³-hybridized carbons (Fsp3) is 0.192. The van der Waals surface area contributed by atoms with Gasteiger partial charge in [0.15, 0.2) is 5.82 Å². The number of hydrogen-bond acceptors (Lipinski definition) is 4. The van der Waals surface area contributed by atoms with Gasteiger partial charge >= 0.3 is 0 Å². The number of rotatable bonds is 4. The van der Waals surface area contributed by atoms with E-state index in [0.717, 1.165) is 18.7 Å². The number of carbonyl (C=O) groups excluding carboxylic acids is 1. The maximum Gasteiger partial charge on any atom is 0.259 e. The highest BCUT2D eigenvalue weighted by Crippen LogP contribution is 2.24. The summed E-state index contributed by atoms with van der Waals surface area (Å²) in [7, 11) is 0. The van der Waals surface area contributed by atoms with Crippen LogP contribution in [0.5, 0.6) is 0 Å². The first kappa shape index (κ1) is 21.5. The van der Waals surface area contributed by atoms with Gasteiger partial charge in [-0.3, -0.25) is 4.79 Å². The molecule has 5 rings (SSSR count). The predicted octanol–water partition coefficient (Wildman–Crippen LogP) is 4.03. The molecule has 8 heteroatoms. The van der Waals surface area contributed by atoms with Gasteiger partial charge in [-0.25, -0.2) is 9.07 Å². The van der Waals surface area contributed by atoms with Gasteiger partial charge in [-0.2, -0.15) is 10.4 Å². The first-order chi connectivity index (χ1) is 16.7. The molecule has 2 aromatic carbocycles. The lowest BCUT2D eigenvalue weighted by molar-refractivity contribution is 0.0767. The Morgan fingerprint density at radius 2 is 1.71 bits per heavy atom. The number of nitrogens with zero attached hydrogens (tertiary/aromatic N) is 6. The summed E-state index contributed by atoms with van der Waals surface area (Å²) in [6.45, 7) is 2.66. The molecule has 1 amide bonds. The second kappa shape index (κ2) is 9.24. The molecule has 0 saturated carbocycles. The van der Waals surface area contributed by atoms with Crippen molar-refractivity contribution < 1.29 is 9.18 Å².